The molecule has 1 aromatic rings. The fourth-order valence-electron chi connectivity index (χ4n) is 1.68. The number of hydrogen-bond donors (Lipinski definition) is 3. The first-order valence-electron chi connectivity index (χ1n) is 6.05. The van der Waals surface area contributed by atoms with Crippen molar-refractivity contribution in [3.05, 3.63) is 29.8 Å². The molecule has 0 unspecified atom stereocenters. The van der Waals surface area contributed by atoms with Crippen LogP contribution in [0.15, 0.2) is 29.4 Å². The maximum Gasteiger partial charge on any atom is 0.139 e. The molecule has 1 rings (SSSR count). The molecule has 0 fully saturated rings. The van der Waals surface area contributed by atoms with Crippen LogP contribution in [0.25, 0.3) is 0 Å². The summed E-state index contributed by atoms with van der Waals surface area (Å²) in [6, 6.07) is 8.08. The Morgan fingerprint density at radius 1 is 1.39 bits per heavy atom. The first-order chi connectivity index (χ1) is 8.77. The van der Waals surface area contributed by atoms with Gasteiger partial charge in [0, 0.05) is 31.3 Å². The molecule has 5 nitrogen and oxygen atoms in total. The Kier molecular flexibility index (Phi) is 6.64. The topological polar surface area (TPSA) is 79.9 Å². The highest BCUT2D eigenvalue weighted by molar-refractivity contribution is 5.79. The highest BCUT2D eigenvalue weighted by Crippen LogP contribution is 2.15. The fraction of sp³-hybridized carbons (Fsp3) is 0.462. The van der Waals surface area contributed by atoms with Crippen molar-refractivity contribution in [2.24, 2.45) is 10.9 Å². The summed E-state index contributed by atoms with van der Waals surface area (Å²) in [5.74, 6) is 0.287. The molecule has 0 aliphatic rings. The summed E-state index contributed by atoms with van der Waals surface area (Å²) >= 11 is 0. The third kappa shape index (κ3) is 5.05. The van der Waals surface area contributed by atoms with Crippen LogP contribution >= 0.6 is 0 Å². The number of hydrogen-bond acceptors (Lipinski definition) is 4. The number of oxime groups is 1. The van der Waals surface area contributed by atoms with Crippen LogP contribution in [0.5, 0.6) is 0 Å². The van der Waals surface area contributed by atoms with Crippen molar-refractivity contribution in [2.45, 2.75) is 25.9 Å². The van der Waals surface area contributed by atoms with Crippen molar-refractivity contribution in [1.82, 2.24) is 0 Å². The zero-order valence-corrected chi connectivity index (χ0v) is 10.7. The SMILES string of the molecule is COCc1ccccc1NCCCCC(N)=NO. The molecule has 0 heterocycles. The predicted octanol–water partition coefficient (Wildman–Crippen LogP) is 2.16. The minimum atomic E-state index is 0.287. The quantitative estimate of drug-likeness (QED) is 0.217. The molecule has 100 valence electrons. The van der Waals surface area contributed by atoms with E-state index in [9.17, 15) is 0 Å². The summed E-state index contributed by atoms with van der Waals surface area (Å²) in [6.45, 7) is 1.47. The molecule has 0 aliphatic carbocycles. The molecule has 0 bridgehead atoms. The largest absolute Gasteiger partial charge is 0.409 e. The fourth-order valence-corrected chi connectivity index (χ4v) is 1.68. The summed E-state index contributed by atoms with van der Waals surface area (Å²) in [5.41, 5.74) is 7.64. The molecule has 0 aliphatic heterocycles. The number of amidine groups is 1. The van der Waals surface area contributed by atoms with Gasteiger partial charge in [0.05, 0.1) is 6.61 Å². The van der Waals surface area contributed by atoms with Crippen molar-refractivity contribution in [2.75, 3.05) is 19.0 Å². The molecule has 0 radical (unpaired) electrons. The molecular weight excluding hydrogens is 230 g/mol. The van der Waals surface area contributed by atoms with E-state index < -0.39 is 0 Å². The molecule has 0 amide bonds. The number of ether oxygens (including phenoxy) is 1. The van der Waals surface area contributed by atoms with E-state index in [1.807, 2.05) is 24.3 Å². The van der Waals surface area contributed by atoms with Gasteiger partial charge in [0.1, 0.15) is 5.84 Å². The van der Waals surface area contributed by atoms with Crippen LogP contribution in [0, 0.1) is 0 Å². The van der Waals surface area contributed by atoms with Gasteiger partial charge >= 0.3 is 0 Å². The Balaban J connectivity index is 2.30. The Hall–Kier alpha value is -1.75. The zero-order chi connectivity index (χ0) is 13.2. The lowest BCUT2D eigenvalue weighted by atomic mass is 10.1. The smallest absolute Gasteiger partial charge is 0.139 e. The summed E-state index contributed by atoms with van der Waals surface area (Å²) in [5, 5.41) is 14.7. The normalized spacial score (nSPS) is 11.5. The van der Waals surface area contributed by atoms with Gasteiger partial charge in [0.25, 0.3) is 0 Å². The third-order valence-corrected chi connectivity index (χ3v) is 2.62. The van der Waals surface area contributed by atoms with Crippen LogP contribution in [0.2, 0.25) is 0 Å². The first kappa shape index (κ1) is 14.3. The van der Waals surface area contributed by atoms with E-state index in [1.54, 1.807) is 7.11 Å². The third-order valence-electron chi connectivity index (χ3n) is 2.62. The van der Waals surface area contributed by atoms with E-state index >= 15 is 0 Å². The Bertz CT molecular complexity index is 380. The Morgan fingerprint density at radius 3 is 2.89 bits per heavy atom. The minimum Gasteiger partial charge on any atom is -0.409 e. The molecule has 0 atom stereocenters. The van der Waals surface area contributed by atoms with Crippen molar-refractivity contribution >= 4 is 11.5 Å². The predicted molar refractivity (Wildman–Crippen MR) is 72.9 cm³/mol. The maximum atomic E-state index is 8.40. The number of methoxy groups -OCH3 is 1. The molecule has 0 saturated carbocycles. The zero-order valence-electron chi connectivity index (χ0n) is 10.7. The van der Waals surface area contributed by atoms with E-state index in [4.69, 9.17) is 15.7 Å². The van der Waals surface area contributed by atoms with Crippen molar-refractivity contribution in [3.8, 4) is 0 Å². The average molecular weight is 251 g/mol. The van der Waals surface area contributed by atoms with E-state index in [0.717, 1.165) is 30.6 Å². The maximum absolute atomic E-state index is 8.40. The van der Waals surface area contributed by atoms with Gasteiger partial charge in [-0.2, -0.15) is 0 Å². The molecule has 5 heteroatoms. The van der Waals surface area contributed by atoms with Gasteiger partial charge in [-0.05, 0) is 18.9 Å². The second-order valence-corrected chi connectivity index (χ2v) is 4.07. The molecule has 18 heavy (non-hydrogen) atoms. The van der Waals surface area contributed by atoms with Gasteiger partial charge < -0.3 is 21.0 Å². The monoisotopic (exact) mass is 251 g/mol. The van der Waals surface area contributed by atoms with Crippen LogP contribution in [-0.2, 0) is 11.3 Å². The number of rotatable bonds is 8. The van der Waals surface area contributed by atoms with Crippen molar-refractivity contribution < 1.29 is 9.94 Å². The molecule has 0 saturated heterocycles. The minimum absolute atomic E-state index is 0.287. The number of nitrogens with one attached hydrogen (secondary N) is 1. The highest BCUT2D eigenvalue weighted by Gasteiger charge is 2.00. The van der Waals surface area contributed by atoms with Crippen LogP contribution in [0.4, 0.5) is 5.69 Å². The van der Waals surface area contributed by atoms with E-state index in [-0.39, 0.29) is 5.84 Å². The first-order valence-corrected chi connectivity index (χ1v) is 6.05. The summed E-state index contributed by atoms with van der Waals surface area (Å²) < 4.78 is 5.14. The van der Waals surface area contributed by atoms with Gasteiger partial charge in [-0.1, -0.05) is 23.4 Å². The number of unbranched alkanes of at least 4 members (excludes halogenated alkanes) is 1. The van der Waals surface area contributed by atoms with Gasteiger partial charge in [-0.25, -0.2) is 0 Å². The Labute approximate surface area is 108 Å². The van der Waals surface area contributed by atoms with Crippen LogP contribution in [-0.4, -0.2) is 24.7 Å². The van der Waals surface area contributed by atoms with Gasteiger partial charge in [-0.3, -0.25) is 0 Å². The summed E-state index contributed by atoms with van der Waals surface area (Å²) in [7, 11) is 1.69. The molecule has 1 aromatic carbocycles. The summed E-state index contributed by atoms with van der Waals surface area (Å²) in [4.78, 5) is 0. The number of para-hydroxylation sites is 1. The highest BCUT2D eigenvalue weighted by atomic mass is 16.5. The molecule has 4 N–H and O–H groups in total. The van der Waals surface area contributed by atoms with Gasteiger partial charge in [-0.15, -0.1) is 0 Å². The number of nitrogens with zero attached hydrogens (tertiary/aromatic N) is 1. The van der Waals surface area contributed by atoms with E-state index in [0.29, 0.717) is 13.0 Å². The average Bonchev–Trinajstić information content (AvgIpc) is 2.40. The molecular formula is C13H21N3O2. The van der Waals surface area contributed by atoms with Crippen LogP contribution in [0.3, 0.4) is 0 Å². The van der Waals surface area contributed by atoms with E-state index in [2.05, 4.69) is 10.5 Å². The van der Waals surface area contributed by atoms with Gasteiger partial charge in [0.2, 0.25) is 0 Å². The van der Waals surface area contributed by atoms with Crippen molar-refractivity contribution in [1.29, 1.82) is 0 Å². The van der Waals surface area contributed by atoms with Crippen LogP contribution < -0.4 is 11.1 Å². The van der Waals surface area contributed by atoms with E-state index in [1.165, 1.54) is 0 Å². The van der Waals surface area contributed by atoms with Crippen molar-refractivity contribution in [3.63, 3.8) is 0 Å². The molecule has 0 aromatic heterocycles. The standard InChI is InChI=1S/C13H21N3O2/c1-18-10-11-6-2-3-7-12(11)15-9-5-4-8-13(14)16-17/h2-3,6-7,15,17H,4-5,8-10H2,1H3,(H2,14,16). The number of nitrogens with two attached hydrogens (primary N) is 1. The number of anilines is 1. The second-order valence-electron chi connectivity index (χ2n) is 4.07. The molecule has 0 spiro atoms. The lowest BCUT2D eigenvalue weighted by Gasteiger charge is -2.11. The van der Waals surface area contributed by atoms with Crippen LogP contribution in [0.1, 0.15) is 24.8 Å². The lowest BCUT2D eigenvalue weighted by molar-refractivity contribution is 0.185. The number of benzene rings is 1. The lowest BCUT2D eigenvalue weighted by Crippen LogP contribution is -2.12. The van der Waals surface area contributed by atoms with Gasteiger partial charge in [0.15, 0.2) is 0 Å². The second kappa shape index (κ2) is 8.36. The Morgan fingerprint density at radius 2 is 2.17 bits per heavy atom. The summed E-state index contributed by atoms with van der Waals surface area (Å²) in [6.07, 6.45) is 2.49.